The van der Waals surface area contributed by atoms with Crippen molar-refractivity contribution in [3.63, 3.8) is 0 Å². The zero-order valence-electron chi connectivity index (χ0n) is 13.8. The van der Waals surface area contributed by atoms with Gasteiger partial charge in [0, 0.05) is 6.54 Å². The Hall–Kier alpha value is -1.61. The lowest BCUT2D eigenvalue weighted by Crippen LogP contribution is -2.47. The largest absolute Gasteiger partial charge is 0.464 e. The van der Waals surface area contributed by atoms with Gasteiger partial charge in [-0.15, -0.1) is 6.58 Å². The topological polar surface area (TPSA) is 38.3 Å². The third-order valence-corrected chi connectivity index (χ3v) is 3.61. The Morgan fingerprint density at radius 3 is 2.14 bits per heavy atom. The van der Waals surface area contributed by atoms with Gasteiger partial charge in [-0.1, -0.05) is 51.1 Å². The summed E-state index contributed by atoms with van der Waals surface area (Å²) in [7, 11) is 0. The first-order valence-electron chi connectivity index (χ1n) is 7.40. The van der Waals surface area contributed by atoms with Crippen molar-refractivity contribution in [1.82, 2.24) is 5.32 Å². The molecule has 0 bridgehead atoms. The van der Waals surface area contributed by atoms with Crippen LogP contribution in [0.1, 0.15) is 45.7 Å². The van der Waals surface area contributed by atoms with Crippen molar-refractivity contribution >= 4 is 5.97 Å². The molecule has 1 N–H and O–H groups in total. The van der Waals surface area contributed by atoms with Crippen molar-refractivity contribution in [3.8, 4) is 0 Å². The summed E-state index contributed by atoms with van der Waals surface area (Å²) in [4.78, 5) is 12.3. The van der Waals surface area contributed by atoms with E-state index in [0.29, 0.717) is 13.2 Å². The monoisotopic (exact) mass is 289 g/mol. The van der Waals surface area contributed by atoms with Gasteiger partial charge in [-0.2, -0.15) is 0 Å². The molecule has 0 fully saturated rings. The molecule has 0 spiro atoms. The summed E-state index contributed by atoms with van der Waals surface area (Å²) in [6.07, 6.45) is 1.74. The molecule has 0 saturated carbocycles. The van der Waals surface area contributed by atoms with E-state index in [2.05, 4.69) is 44.8 Å². The van der Waals surface area contributed by atoms with Gasteiger partial charge in [-0.25, -0.2) is 4.79 Å². The van der Waals surface area contributed by atoms with Gasteiger partial charge in [0.2, 0.25) is 0 Å². The first kappa shape index (κ1) is 17.4. The maximum atomic E-state index is 12.3. The Labute approximate surface area is 128 Å². The molecule has 0 aliphatic carbocycles. The van der Waals surface area contributed by atoms with Crippen molar-refractivity contribution < 1.29 is 9.53 Å². The molecular formula is C18H27NO2. The number of carbonyl (C=O) groups is 1. The maximum absolute atomic E-state index is 12.3. The Balaban J connectivity index is 3.14. The summed E-state index contributed by atoms with van der Waals surface area (Å²) in [5.41, 5.74) is 1.37. The van der Waals surface area contributed by atoms with Crippen molar-refractivity contribution in [1.29, 1.82) is 0 Å². The maximum Gasteiger partial charge on any atom is 0.330 e. The number of hydrogen-bond acceptors (Lipinski definition) is 3. The summed E-state index contributed by atoms with van der Waals surface area (Å²) < 4.78 is 5.22. The van der Waals surface area contributed by atoms with Crippen molar-refractivity contribution in [2.45, 2.75) is 45.6 Å². The summed E-state index contributed by atoms with van der Waals surface area (Å²) >= 11 is 0. The van der Waals surface area contributed by atoms with Gasteiger partial charge in [-0.3, -0.25) is 5.32 Å². The number of rotatable bonds is 6. The number of ether oxygens (including phenoxy) is 1. The third kappa shape index (κ3) is 4.18. The molecule has 0 saturated heterocycles. The van der Waals surface area contributed by atoms with Gasteiger partial charge in [0.1, 0.15) is 5.54 Å². The molecule has 1 atom stereocenters. The summed E-state index contributed by atoms with van der Waals surface area (Å²) in [5, 5.41) is 3.21. The van der Waals surface area contributed by atoms with E-state index >= 15 is 0 Å². The van der Waals surface area contributed by atoms with E-state index in [1.165, 1.54) is 5.56 Å². The van der Waals surface area contributed by atoms with Crippen LogP contribution in [0.15, 0.2) is 36.9 Å². The molecule has 0 aromatic heterocycles. The lowest BCUT2D eigenvalue weighted by molar-refractivity contribution is -0.150. The van der Waals surface area contributed by atoms with Crippen molar-refractivity contribution in [2.75, 3.05) is 13.2 Å². The zero-order valence-corrected chi connectivity index (χ0v) is 13.8. The third-order valence-electron chi connectivity index (χ3n) is 3.61. The molecule has 1 rings (SSSR count). The number of nitrogens with one attached hydrogen (secondary N) is 1. The molecule has 1 unspecified atom stereocenters. The minimum Gasteiger partial charge on any atom is -0.464 e. The second-order valence-electron chi connectivity index (χ2n) is 6.34. The van der Waals surface area contributed by atoms with E-state index in [1.807, 2.05) is 26.0 Å². The van der Waals surface area contributed by atoms with Crippen molar-refractivity contribution in [3.05, 3.63) is 48.0 Å². The van der Waals surface area contributed by atoms with Gasteiger partial charge < -0.3 is 4.74 Å². The van der Waals surface area contributed by atoms with Crippen LogP contribution in [0.25, 0.3) is 0 Å². The number of carbonyl (C=O) groups excluding carboxylic acids is 1. The highest BCUT2D eigenvalue weighted by molar-refractivity contribution is 5.82. The van der Waals surface area contributed by atoms with Crippen LogP contribution in [0, 0.1) is 0 Å². The van der Waals surface area contributed by atoms with Gasteiger partial charge in [0.25, 0.3) is 0 Å². The summed E-state index contributed by atoms with van der Waals surface area (Å²) in [6.45, 7) is 14.8. The average molecular weight is 289 g/mol. The van der Waals surface area contributed by atoms with Gasteiger partial charge in [0.05, 0.1) is 6.61 Å². The Kier molecular flexibility index (Phi) is 5.73. The molecular weight excluding hydrogens is 262 g/mol. The first-order chi connectivity index (χ1) is 9.75. The van der Waals surface area contributed by atoms with Crippen LogP contribution >= 0.6 is 0 Å². The van der Waals surface area contributed by atoms with E-state index in [-0.39, 0.29) is 11.4 Å². The number of esters is 1. The highest BCUT2D eigenvalue weighted by Crippen LogP contribution is 2.27. The Morgan fingerprint density at radius 1 is 1.19 bits per heavy atom. The molecule has 0 aliphatic heterocycles. The zero-order chi connectivity index (χ0) is 16.1. The van der Waals surface area contributed by atoms with Crippen LogP contribution < -0.4 is 5.32 Å². The van der Waals surface area contributed by atoms with Crippen molar-refractivity contribution in [2.24, 2.45) is 0 Å². The standard InChI is InChI=1S/C18H27NO2/c1-7-13-19-18(6,16(20)21-8-2)15-11-9-14(10-12-15)17(3,4)5/h7,9-12,19H,1,8,13H2,2-6H3. The summed E-state index contributed by atoms with van der Waals surface area (Å²) in [6, 6.07) is 8.13. The minimum atomic E-state index is -0.861. The molecule has 1 aromatic carbocycles. The average Bonchev–Trinajstić information content (AvgIpc) is 2.44. The fourth-order valence-corrected chi connectivity index (χ4v) is 2.15. The summed E-state index contributed by atoms with van der Waals surface area (Å²) in [5.74, 6) is -0.268. The molecule has 116 valence electrons. The molecule has 0 heterocycles. The van der Waals surface area contributed by atoms with Crippen LogP contribution in [0.2, 0.25) is 0 Å². The minimum absolute atomic E-state index is 0.0907. The second kappa shape index (κ2) is 6.90. The van der Waals surface area contributed by atoms with E-state index in [1.54, 1.807) is 6.08 Å². The van der Waals surface area contributed by atoms with Crippen LogP contribution in [0.3, 0.4) is 0 Å². The molecule has 0 radical (unpaired) electrons. The Morgan fingerprint density at radius 2 is 1.71 bits per heavy atom. The molecule has 0 amide bonds. The van der Waals surface area contributed by atoms with E-state index in [0.717, 1.165) is 5.56 Å². The first-order valence-corrected chi connectivity index (χ1v) is 7.40. The Bertz CT molecular complexity index is 485. The van der Waals surface area contributed by atoms with Gasteiger partial charge in [-0.05, 0) is 30.4 Å². The van der Waals surface area contributed by atoms with E-state index in [9.17, 15) is 4.79 Å². The van der Waals surface area contributed by atoms with Crippen LogP contribution in [0.4, 0.5) is 0 Å². The highest BCUT2D eigenvalue weighted by Gasteiger charge is 2.36. The van der Waals surface area contributed by atoms with Gasteiger partial charge in [0.15, 0.2) is 0 Å². The predicted octanol–water partition coefficient (Wildman–Crippen LogP) is 3.54. The number of hydrogen-bond donors (Lipinski definition) is 1. The normalized spacial score (nSPS) is 14.3. The fraction of sp³-hybridized carbons (Fsp3) is 0.500. The molecule has 3 nitrogen and oxygen atoms in total. The lowest BCUT2D eigenvalue weighted by atomic mass is 9.84. The fourth-order valence-electron chi connectivity index (χ4n) is 2.15. The SMILES string of the molecule is C=CCNC(C)(C(=O)OCC)c1ccc(C(C)(C)C)cc1. The van der Waals surface area contributed by atoms with Crippen LogP contribution in [-0.4, -0.2) is 19.1 Å². The van der Waals surface area contributed by atoms with Crippen LogP contribution in [-0.2, 0) is 20.5 Å². The molecule has 0 aliphatic rings. The van der Waals surface area contributed by atoms with E-state index in [4.69, 9.17) is 4.74 Å². The predicted molar refractivity (Wildman–Crippen MR) is 87.3 cm³/mol. The molecule has 21 heavy (non-hydrogen) atoms. The highest BCUT2D eigenvalue weighted by atomic mass is 16.5. The number of benzene rings is 1. The second-order valence-corrected chi connectivity index (χ2v) is 6.34. The quantitative estimate of drug-likeness (QED) is 0.643. The smallest absolute Gasteiger partial charge is 0.330 e. The molecule has 1 aromatic rings. The molecule has 3 heteroatoms. The van der Waals surface area contributed by atoms with Gasteiger partial charge >= 0.3 is 5.97 Å². The lowest BCUT2D eigenvalue weighted by Gasteiger charge is -2.29. The van der Waals surface area contributed by atoms with Crippen LogP contribution in [0.5, 0.6) is 0 Å². The van der Waals surface area contributed by atoms with E-state index < -0.39 is 5.54 Å².